The zero-order valence-corrected chi connectivity index (χ0v) is 31.9. The number of alkyl halides is 3. The van der Waals surface area contributed by atoms with Crippen molar-refractivity contribution in [3.05, 3.63) is 53.6 Å². The van der Waals surface area contributed by atoms with Crippen LogP contribution in [0.5, 0.6) is 17.5 Å². The Morgan fingerprint density at radius 2 is 1.61 bits per heavy atom. The third kappa shape index (κ3) is 12.8. The lowest BCUT2D eigenvalue weighted by molar-refractivity contribution is -0.154. The Balaban J connectivity index is 1.38. The molecule has 56 heavy (non-hydrogen) atoms. The fourth-order valence-corrected chi connectivity index (χ4v) is 6.01. The molecule has 0 saturated carbocycles. The normalized spacial score (nSPS) is 16.4. The summed E-state index contributed by atoms with van der Waals surface area (Å²) >= 11 is 0. The maximum atomic E-state index is 13.9. The van der Waals surface area contributed by atoms with Gasteiger partial charge in [-0.05, 0) is 95.0 Å². The van der Waals surface area contributed by atoms with Gasteiger partial charge < -0.3 is 44.5 Å². The summed E-state index contributed by atoms with van der Waals surface area (Å²) in [5.41, 5.74) is 0.647. The van der Waals surface area contributed by atoms with E-state index < -0.39 is 48.4 Å². The average Bonchev–Trinajstić information content (AvgIpc) is 3.15. The number of hydrogen-bond donors (Lipinski definition) is 3. The van der Waals surface area contributed by atoms with Crippen LogP contribution in [-0.2, 0) is 20.8 Å². The Labute approximate surface area is 323 Å². The van der Waals surface area contributed by atoms with Gasteiger partial charge in [0.05, 0.1) is 25.9 Å². The van der Waals surface area contributed by atoms with E-state index in [-0.39, 0.29) is 42.3 Å². The molecule has 0 radical (unpaired) electrons. The molecule has 1 fully saturated rings. The number of amides is 2. The highest BCUT2D eigenvalue weighted by Crippen LogP contribution is 2.29. The molecule has 4 heterocycles. The minimum atomic E-state index is -4.63. The van der Waals surface area contributed by atoms with E-state index in [2.05, 4.69) is 30.9 Å². The first-order chi connectivity index (χ1) is 26.7. The summed E-state index contributed by atoms with van der Waals surface area (Å²) in [5.74, 6) is -0.877. The fraction of sp³-hybridized carbons (Fsp3) is 0.526. The number of piperidine rings is 1. The molecule has 3 aliphatic rings. The van der Waals surface area contributed by atoms with Crippen LogP contribution in [0.25, 0.3) is 0 Å². The first-order valence-electron chi connectivity index (χ1n) is 18.5. The van der Waals surface area contributed by atoms with Crippen LogP contribution in [-0.4, -0.2) is 95.7 Å². The molecule has 1 saturated heterocycles. The molecule has 18 heteroatoms. The number of benzene rings is 2. The fourth-order valence-electron chi connectivity index (χ4n) is 6.01. The monoisotopic (exact) mass is 787 g/mol. The van der Waals surface area contributed by atoms with Crippen molar-refractivity contribution in [3.8, 4) is 17.5 Å². The number of likely N-dealkylation sites (tertiary alicyclic amines) is 1. The maximum absolute atomic E-state index is 13.9. The summed E-state index contributed by atoms with van der Waals surface area (Å²) in [7, 11) is 1.24. The maximum Gasteiger partial charge on any atom is 0.422 e. The number of hydrogen-bond acceptors (Lipinski definition) is 13. The van der Waals surface area contributed by atoms with Gasteiger partial charge in [0.2, 0.25) is 11.9 Å². The van der Waals surface area contributed by atoms with Crippen molar-refractivity contribution >= 4 is 35.6 Å². The summed E-state index contributed by atoms with van der Waals surface area (Å²) in [6.07, 6.45) is -1.05. The lowest BCUT2D eigenvalue weighted by Crippen LogP contribution is -2.51. The number of carbonyl (C=O) groups is 3. The third-order valence-electron chi connectivity index (χ3n) is 8.81. The minimum Gasteiger partial charge on any atom is -0.494 e. The van der Waals surface area contributed by atoms with E-state index in [1.54, 1.807) is 31.7 Å². The summed E-state index contributed by atoms with van der Waals surface area (Å²) in [6.45, 7) is 5.40. The summed E-state index contributed by atoms with van der Waals surface area (Å²) in [6, 6.07) is 10.3. The second kappa shape index (κ2) is 18.9. The molecule has 0 spiro atoms. The van der Waals surface area contributed by atoms with Crippen LogP contribution in [0.4, 0.5) is 35.5 Å². The zero-order valence-electron chi connectivity index (χ0n) is 31.9. The second-order valence-electron chi connectivity index (χ2n) is 14.4. The van der Waals surface area contributed by atoms with E-state index in [1.807, 2.05) is 24.3 Å². The van der Waals surface area contributed by atoms with Crippen molar-refractivity contribution in [2.24, 2.45) is 5.92 Å². The quantitative estimate of drug-likeness (QED) is 0.234. The predicted molar refractivity (Wildman–Crippen MR) is 198 cm³/mol. The summed E-state index contributed by atoms with van der Waals surface area (Å²) in [4.78, 5) is 53.5. The highest BCUT2D eigenvalue weighted by atomic mass is 19.4. The number of fused-ring (bicyclic) bond motifs is 10. The number of rotatable bonds is 6. The molecule has 6 bridgehead atoms. The van der Waals surface area contributed by atoms with Crippen LogP contribution < -0.4 is 30.2 Å². The second-order valence-corrected chi connectivity index (χ2v) is 14.4. The van der Waals surface area contributed by atoms with E-state index in [4.69, 9.17) is 23.7 Å². The number of halogens is 3. The standard InChI is InChI=1S/C38H48F3N7O8/c1-37(2,3)56-36(51)48-17-15-25(16-18-48)30(32(50)52-4)44-31(49)28-14-11-26-21-29(28)54-20-8-6-5-7-19-53-27-12-9-24(10-13-27)22-42-33-45-34(43-26)47-35(46-33)55-23-38(39,40)41/h9-14,21,25,30H,5-8,15-20,22-23H2,1-4H3,(H,44,49)(H2,42,43,45,46,47). The van der Waals surface area contributed by atoms with Gasteiger partial charge in [-0.15, -0.1) is 0 Å². The predicted octanol–water partition coefficient (Wildman–Crippen LogP) is 6.42. The van der Waals surface area contributed by atoms with Crippen molar-refractivity contribution in [3.63, 3.8) is 0 Å². The summed E-state index contributed by atoms with van der Waals surface area (Å²) < 4.78 is 66.5. The highest BCUT2D eigenvalue weighted by molar-refractivity contribution is 5.99. The largest absolute Gasteiger partial charge is 0.494 e. The topological polar surface area (TPSA) is 175 Å². The Morgan fingerprint density at radius 1 is 0.929 bits per heavy atom. The van der Waals surface area contributed by atoms with Gasteiger partial charge in [0.15, 0.2) is 6.61 Å². The Morgan fingerprint density at radius 3 is 2.27 bits per heavy atom. The van der Waals surface area contributed by atoms with E-state index >= 15 is 0 Å². The van der Waals surface area contributed by atoms with Gasteiger partial charge in [-0.3, -0.25) is 4.79 Å². The minimum absolute atomic E-state index is 0.0517. The number of anilines is 3. The molecule has 1 atom stereocenters. The van der Waals surface area contributed by atoms with Crippen LogP contribution in [0.1, 0.15) is 75.2 Å². The first kappa shape index (κ1) is 41.6. The van der Waals surface area contributed by atoms with Crippen LogP contribution in [0, 0.1) is 5.92 Å². The molecular weight excluding hydrogens is 739 g/mol. The van der Waals surface area contributed by atoms with Gasteiger partial charge in [0.1, 0.15) is 23.1 Å². The highest BCUT2D eigenvalue weighted by Gasteiger charge is 2.36. The van der Waals surface area contributed by atoms with E-state index in [0.717, 1.165) is 24.8 Å². The number of nitrogens with one attached hydrogen (secondary N) is 3. The lowest BCUT2D eigenvalue weighted by atomic mass is 9.89. The first-order valence-corrected chi connectivity index (χ1v) is 18.5. The van der Waals surface area contributed by atoms with Crippen LogP contribution in [0.2, 0.25) is 0 Å². The van der Waals surface area contributed by atoms with E-state index in [0.29, 0.717) is 50.4 Å². The van der Waals surface area contributed by atoms with Crippen molar-refractivity contribution in [2.45, 2.75) is 83.7 Å². The molecule has 1 unspecified atom stereocenters. The number of esters is 1. The molecule has 0 aliphatic carbocycles. The molecule has 304 valence electrons. The molecule has 2 aromatic carbocycles. The Kier molecular flexibility index (Phi) is 14.0. The number of nitrogens with zero attached hydrogens (tertiary/aromatic N) is 4. The van der Waals surface area contributed by atoms with Gasteiger partial charge in [-0.2, -0.15) is 28.1 Å². The van der Waals surface area contributed by atoms with Crippen molar-refractivity contribution in [1.82, 2.24) is 25.2 Å². The van der Waals surface area contributed by atoms with Crippen molar-refractivity contribution in [1.29, 1.82) is 0 Å². The molecular formula is C38H48F3N7O8. The molecule has 3 aromatic rings. The summed E-state index contributed by atoms with van der Waals surface area (Å²) in [5, 5.41) is 8.77. The molecule has 6 rings (SSSR count). The number of carbonyl (C=O) groups excluding carboxylic acids is 3. The third-order valence-corrected chi connectivity index (χ3v) is 8.81. The van der Waals surface area contributed by atoms with Gasteiger partial charge in [-0.1, -0.05) is 12.1 Å². The average molecular weight is 788 g/mol. The molecule has 3 aliphatic heterocycles. The van der Waals surface area contributed by atoms with E-state index in [9.17, 15) is 27.6 Å². The smallest absolute Gasteiger partial charge is 0.422 e. The zero-order chi connectivity index (χ0) is 40.3. The molecule has 2 amide bonds. The Bertz CT molecular complexity index is 1800. The van der Waals surface area contributed by atoms with Crippen molar-refractivity contribution < 1.29 is 51.2 Å². The number of aromatic nitrogens is 3. The van der Waals surface area contributed by atoms with Gasteiger partial charge >= 0.3 is 24.2 Å². The van der Waals surface area contributed by atoms with Gasteiger partial charge in [-0.25, -0.2) is 9.59 Å². The Hall–Kier alpha value is -5.55. The van der Waals surface area contributed by atoms with Crippen molar-refractivity contribution in [2.75, 3.05) is 50.7 Å². The number of ether oxygens (including phenoxy) is 5. The molecule has 3 N–H and O–H groups in total. The molecule has 1 aromatic heterocycles. The molecule has 15 nitrogen and oxygen atoms in total. The van der Waals surface area contributed by atoms with Crippen LogP contribution >= 0.6 is 0 Å². The van der Waals surface area contributed by atoms with Gasteiger partial charge in [0, 0.05) is 31.4 Å². The van der Waals surface area contributed by atoms with E-state index in [1.165, 1.54) is 19.2 Å². The van der Waals surface area contributed by atoms with Crippen LogP contribution in [0.3, 0.4) is 0 Å². The SMILES string of the molecule is COC(=O)C(NC(=O)c1ccc2cc1OCCCCCCOc1ccc(cc1)CNc1nc(nc(OCC(F)(F)F)n1)N2)C1CCN(C(=O)OC(C)(C)C)CC1. The van der Waals surface area contributed by atoms with Crippen LogP contribution in [0.15, 0.2) is 42.5 Å². The van der Waals surface area contributed by atoms with Gasteiger partial charge in [0.25, 0.3) is 5.91 Å². The number of methoxy groups -OCH3 is 1. The lowest BCUT2D eigenvalue weighted by Gasteiger charge is -2.36.